The van der Waals surface area contributed by atoms with Crippen LogP contribution in [0.3, 0.4) is 0 Å². The van der Waals surface area contributed by atoms with Crippen molar-refractivity contribution in [3.63, 3.8) is 0 Å². The van der Waals surface area contributed by atoms with Gasteiger partial charge in [0.2, 0.25) is 0 Å². The van der Waals surface area contributed by atoms with Crippen molar-refractivity contribution in [3.05, 3.63) is 24.3 Å². The quantitative estimate of drug-likeness (QED) is 0.505. The summed E-state index contributed by atoms with van der Waals surface area (Å²) >= 11 is 0. The first kappa shape index (κ1) is 20.2. The zero-order valence-electron chi connectivity index (χ0n) is 13.7. The molecule has 9 heteroatoms. The molecule has 1 atom stereocenters. The molecule has 0 saturated carbocycles. The van der Waals surface area contributed by atoms with Crippen molar-refractivity contribution in [1.82, 2.24) is 0 Å². The Morgan fingerprint density at radius 3 is 2.12 bits per heavy atom. The molecule has 0 heterocycles. The number of anilines is 1. The Morgan fingerprint density at radius 1 is 1.12 bits per heavy atom. The van der Waals surface area contributed by atoms with Crippen molar-refractivity contribution in [1.29, 1.82) is 0 Å². The third kappa shape index (κ3) is 5.68. The van der Waals surface area contributed by atoms with E-state index in [0.29, 0.717) is 5.69 Å². The van der Waals surface area contributed by atoms with Crippen LogP contribution in [0, 0.1) is 0 Å². The topological polar surface area (TPSA) is 90.0 Å². The maximum absolute atomic E-state index is 12.0. The van der Waals surface area contributed by atoms with Crippen LogP contribution in [0.25, 0.3) is 0 Å². The minimum Gasteiger partial charge on any atom is -0.465 e. The predicted molar refractivity (Wildman–Crippen MR) is 89.6 cm³/mol. The number of ether oxygens (including phenoxy) is 2. The number of benzene rings is 1. The fourth-order valence-corrected chi connectivity index (χ4v) is 2.76. The SMILES string of the molecule is CCOC(=O)CN(c1ccc(S(=O)(=O)Cl)cc1)C(C)C(=O)OCC. The highest BCUT2D eigenvalue weighted by atomic mass is 35.7. The number of carbonyl (C=O) groups is 2. The molecule has 1 aromatic rings. The lowest BCUT2D eigenvalue weighted by atomic mass is 10.2. The second kappa shape index (κ2) is 8.89. The summed E-state index contributed by atoms with van der Waals surface area (Å²) in [6.07, 6.45) is 0. The van der Waals surface area contributed by atoms with Gasteiger partial charge in [0.1, 0.15) is 12.6 Å². The Bertz CT molecular complexity index is 674. The molecule has 7 nitrogen and oxygen atoms in total. The van der Waals surface area contributed by atoms with Gasteiger partial charge in [-0.25, -0.2) is 13.2 Å². The first-order chi connectivity index (χ1) is 11.2. The molecule has 0 fully saturated rings. The van der Waals surface area contributed by atoms with Gasteiger partial charge in [-0.1, -0.05) is 0 Å². The van der Waals surface area contributed by atoms with E-state index in [9.17, 15) is 18.0 Å². The predicted octanol–water partition coefficient (Wildman–Crippen LogP) is 1.94. The van der Waals surface area contributed by atoms with E-state index in [4.69, 9.17) is 20.2 Å². The van der Waals surface area contributed by atoms with Gasteiger partial charge in [0.05, 0.1) is 18.1 Å². The van der Waals surface area contributed by atoms with Crippen LogP contribution in [0.15, 0.2) is 29.2 Å². The molecule has 24 heavy (non-hydrogen) atoms. The van der Waals surface area contributed by atoms with Crippen molar-refractivity contribution in [3.8, 4) is 0 Å². The highest BCUT2D eigenvalue weighted by Crippen LogP contribution is 2.22. The third-order valence-electron chi connectivity index (χ3n) is 3.15. The molecule has 0 bridgehead atoms. The first-order valence-corrected chi connectivity index (χ1v) is 9.65. The summed E-state index contributed by atoms with van der Waals surface area (Å²) in [5.74, 6) is -1.02. The molecule has 1 rings (SSSR count). The molecule has 0 aliphatic carbocycles. The van der Waals surface area contributed by atoms with Crippen LogP contribution in [0.5, 0.6) is 0 Å². The smallest absolute Gasteiger partial charge is 0.328 e. The summed E-state index contributed by atoms with van der Waals surface area (Å²) < 4.78 is 32.5. The number of halogens is 1. The summed E-state index contributed by atoms with van der Waals surface area (Å²) in [5, 5.41) is 0. The van der Waals surface area contributed by atoms with Crippen LogP contribution < -0.4 is 4.90 Å². The largest absolute Gasteiger partial charge is 0.465 e. The van der Waals surface area contributed by atoms with Crippen molar-refractivity contribution in [2.24, 2.45) is 0 Å². The number of rotatable bonds is 8. The van der Waals surface area contributed by atoms with Crippen LogP contribution in [-0.4, -0.2) is 46.2 Å². The average Bonchev–Trinajstić information content (AvgIpc) is 2.52. The summed E-state index contributed by atoms with van der Waals surface area (Å²) in [6, 6.07) is 4.77. The number of esters is 2. The van der Waals surface area contributed by atoms with Crippen molar-refractivity contribution in [2.45, 2.75) is 31.7 Å². The number of hydrogen-bond acceptors (Lipinski definition) is 7. The fraction of sp³-hybridized carbons (Fsp3) is 0.467. The van der Waals surface area contributed by atoms with Gasteiger partial charge in [-0.05, 0) is 45.0 Å². The van der Waals surface area contributed by atoms with E-state index in [-0.39, 0.29) is 24.7 Å². The van der Waals surface area contributed by atoms with E-state index in [2.05, 4.69) is 0 Å². The van der Waals surface area contributed by atoms with Gasteiger partial charge in [-0.2, -0.15) is 0 Å². The Balaban J connectivity index is 3.11. The maximum Gasteiger partial charge on any atom is 0.328 e. The minimum absolute atomic E-state index is 0.0761. The lowest BCUT2D eigenvalue weighted by Crippen LogP contribution is -2.43. The lowest BCUT2D eigenvalue weighted by Gasteiger charge is -2.28. The molecule has 0 aromatic heterocycles. The van der Waals surface area contributed by atoms with Crippen molar-refractivity contribution < 1.29 is 27.5 Å². The molecule has 1 aromatic carbocycles. The molecule has 0 amide bonds. The highest BCUT2D eigenvalue weighted by Gasteiger charge is 2.26. The summed E-state index contributed by atoms with van der Waals surface area (Å²) in [6.45, 7) is 5.19. The number of carbonyl (C=O) groups excluding carboxylic acids is 2. The normalized spacial score (nSPS) is 12.3. The molecule has 134 valence electrons. The van der Waals surface area contributed by atoms with Gasteiger partial charge >= 0.3 is 11.9 Å². The molecule has 0 aliphatic rings. The molecule has 0 spiro atoms. The van der Waals surface area contributed by atoms with Crippen molar-refractivity contribution in [2.75, 3.05) is 24.7 Å². The second-order valence-corrected chi connectivity index (χ2v) is 7.36. The number of nitrogens with zero attached hydrogens (tertiary/aromatic N) is 1. The van der Waals surface area contributed by atoms with Gasteiger partial charge in [-0.15, -0.1) is 0 Å². The van der Waals surface area contributed by atoms with E-state index in [1.807, 2.05) is 0 Å². The van der Waals surface area contributed by atoms with Crippen LogP contribution in [0.2, 0.25) is 0 Å². The van der Waals surface area contributed by atoms with Crippen LogP contribution >= 0.6 is 10.7 Å². The van der Waals surface area contributed by atoms with E-state index in [1.165, 1.54) is 29.2 Å². The lowest BCUT2D eigenvalue weighted by molar-refractivity contribution is -0.145. The van der Waals surface area contributed by atoms with Gasteiger partial charge in [0, 0.05) is 16.4 Å². The monoisotopic (exact) mass is 377 g/mol. The molecule has 0 radical (unpaired) electrons. The Morgan fingerprint density at radius 2 is 1.67 bits per heavy atom. The van der Waals surface area contributed by atoms with Crippen LogP contribution in [0.4, 0.5) is 5.69 Å². The highest BCUT2D eigenvalue weighted by molar-refractivity contribution is 8.13. The number of hydrogen-bond donors (Lipinski definition) is 0. The first-order valence-electron chi connectivity index (χ1n) is 7.34. The van der Waals surface area contributed by atoms with Gasteiger partial charge in [0.25, 0.3) is 9.05 Å². The van der Waals surface area contributed by atoms with Crippen LogP contribution in [0.1, 0.15) is 20.8 Å². The Kier molecular flexibility index (Phi) is 7.50. The molecule has 0 aliphatic heterocycles. The summed E-state index contributed by atoms with van der Waals surface area (Å²) in [4.78, 5) is 25.2. The van der Waals surface area contributed by atoms with Gasteiger partial charge in [-0.3, -0.25) is 4.79 Å². The molecule has 0 saturated heterocycles. The standard InChI is InChI=1S/C15H20ClNO6S/c1-4-22-14(18)10-17(11(3)15(19)23-5-2)12-6-8-13(9-7-12)24(16,20)21/h6-9,11H,4-5,10H2,1-3H3. The fourth-order valence-electron chi connectivity index (χ4n) is 1.99. The van der Waals surface area contributed by atoms with E-state index < -0.39 is 27.0 Å². The van der Waals surface area contributed by atoms with E-state index in [1.54, 1.807) is 20.8 Å². The Hall–Kier alpha value is -1.80. The van der Waals surface area contributed by atoms with E-state index >= 15 is 0 Å². The molecule has 0 N–H and O–H groups in total. The van der Waals surface area contributed by atoms with Crippen LogP contribution in [-0.2, 0) is 28.1 Å². The zero-order chi connectivity index (χ0) is 18.3. The molecular formula is C15H20ClNO6S. The maximum atomic E-state index is 12.0. The van der Waals surface area contributed by atoms with Crippen molar-refractivity contribution >= 4 is 37.4 Å². The zero-order valence-corrected chi connectivity index (χ0v) is 15.3. The Labute approximate surface area is 145 Å². The molecular weight excluding hydrogens is 358 g/mol. The second-order valence-electron chi connectivity index (χ2n) is 4.79. The molecule has 1 unspecified atom stereocenters. The third-order valence-corrected chi connectivity index (χ3v) is 4.52. The average molecular weight is 378 g/mol. The van der Waals surface area contributed by atoms with Gasteiger partial charge < -0.3 is 14.4 Å². The minimum atomic E-state index is -3.85. The van der Waals surface area contributed by atoms with Gasteiger partial charge in [0.15, 0.2) is 0 Å². The summed E-state index contributed by atoms with van der Waals surface area (Å²) in [5.41, 5.74) is 0.465. The van der Waals surface area contributed by atoms with E-state index in [0.717, 1.165) is 0 Å². The summed E-state index contributed by atoms with van der Waals surface area (Å²) in [7, 11) is 1.43.